The second-order valence-corrected chi connectivity index (χ2v) is 5.07. The van der Waals surface area contributed by atoms with Crippen molar-refractivity contribution in [2.75, 3.05) is 11.9 Å². The summed E-state index contributed by atoms with van der Waals surface area (Å²) in [6.07, 6.45) is 0.430. The largest absolute Gasteiger partial charge is 0.325 e. The van der Waals surface area contributed by atoms with E-state index in [9.17, 15) is 18.8 Å². The first-order valence-electron chi connectivity index (χ1n) is 6.55. The molecule has 1 unspecified atom stereocenters. The summed E-state index contributed by atoms with van der Waals surface area (Å²) >= 11 is 0. The average Bonchev–Trinajstić information content (AvgIpc) is 2.63. The maximum absolute atomic E-state index is 13.0. The smallest absolute Gasteiger partial charge is 0.324 e. The van der Waals surface area contributed by atoms with Gasteiger partial charge in [0.1, 0.15) is 17.9 Å². The van der Waals surface area contributed by atoms with Crippen molar-refractivity contribution in [3.05, 3.63) is 30.1 Å². The van der Waals surface area contributed by atoms with E-state index in [4.69, 9.17) is 0 Å². The number of carbonyl (C=O) groups is 3. The van der Waals surface area contributed by atoms with Gasteiger partial charge in [-0.05, 0) is 31.5 Å². The first-order valence-corrected chi connectivity index (χ1v) is 6.55. The lowest BCUT2D eigenvalue weighted by atomic mass is 9.99. The van der Waals surface area contributed by atoms with Gasteiger partial charge in [-0.25, -0.2) is 9.18 Å². The van der Waals surface area contributed by atoms with Gasteiger partial charge in [0, 0.05) is 5.69 Å². The Bertz CT molecular complexity index is 605. The predicted molar refractivity (Wildman–Crippen MR) is 74.0 cm³/mol. The molecule has 1 saturated heterocycles. The van der Waals surface area contributed by atoms with Crippen molar-refractivity contribution in [3.8, 4) is 0 Å². The summed E-state index contributed by atoms with van der Waals surface area (Å²) in [5, 5.41) is 5.00. The second-order valence-electron chi connectivity index (χ2n) is 5.07. The molecule has 1 aromatic carbocycles. The van der Waals surface area contributed by atoms with Gasteiger partial charge in [0.25, 0.3) is 5.91 Å². The van der Waals surface area contributed by atoms with Crippen LogP contribution in [0.25, 0.3) is 0 Å². The number of rotatable bonds is 4. The van der Waals surface area contributed by atoms with Crippen LogP contribution in [0.2, 0.25) is 0 Å². The first-order chi connectivity index (χ1) is 9.85. The van der Waals surface area contributed by atoms with E-state index < -0.39 is 35.7 Å². The third kappa shape index (κ3) is 3.01. The van der Waals surface area contributed by atoms with Crippen LogP contribution in [0.15, 0.2) is 24.3 Å². The standard InChI is InChI=1S/C14H16FN3O3/c1-3-14(2)12(20)18(13(21)17-14)8-11(19)16-10-6-4-5-9(15)7-10/h4-7H,3,8H2,1-2H3,(H,16,19)(H,17,21). The highest BCUT2D eigenvalue weighted by Crippen LogP contribution is 2.20. The molecule has 7 heteroatoms. The van der Waals surface area contributed by atoms with Gasteiger partial charge >= 0.3 is 6.03 Å². The van der Waals surface area contributed by atoms with Crippen molar-refractivity contribution >= 4 is 23.5 Å². The lowest BCUT2D eigenvalue weighted by molar-refractivity contribution is -0.133. The highest BCUT2D eigenvalue weighted by molar-refractivity contribution is 6.09. The third-order valence-electron chi connectivity index (χ3n) is 3.46. The van der Waals surface area contributed by atoms with Gasteiger partial charge in [0.15, 0.2) is 0 Å². The topological polar surface area (TPSA) is 78.5 Å². The molecule has 1 aliphatic heterocycles. The summed E-state index contributed by atoms with van der Waals surface area (Å²) in [5.41, 5.74) is -0.707. The van der Waals surface area contributed by atoms with E-state index >= 15 is 0 Å². The molecule has 0 radical (unpaired) electrons. The lowest BCUT2D eigenvalue weighted by Gasteiger charge is -2.19. The summed E-state index contributed by atoms with van der Waals surface area (Å²) in [5.74, 6) is -1.49. The van der Waals surface area contributed by atoms with Crippen LogP contribution in [0.4, 0.5) is 14.9 Å². The maximum atomic E-state index is 13.0. The van der Waals surface area contributed by atoms with Crippen molar-refractivity contribution in [1.29, 1.82) is 0 Å². The Morgan fingerprint density at radius 2 is 2.14 bits per heavy atom. The molecule has 112 valence electrons. The average molecular weight is 293 g/mol. The zero-order valence-corrected chi connectivity index (χ0v) is 11.8. The Labute approximate surface area is 121 Å². The number of hydrogen-bond donors (Lipinski definition) is 2. The zero-order valence-electron chi connectivity index (χ0n) is 11.8. The summed E-state index contributed by atoms with van der Waals surface area (Å²) in [6, 6.07) is 4.77. The summed E-state index contributed by atoms with van der Waals surface area (Å²) < 4.78 is 13.0. The van der Waals surface area contributed by atoms with E-state index in [1.807, 2.05) is 0 Å². The third-order valence-corrected chi connectivity index (χ3v) is 3.46. The Morgan fingerprint density at radius 3 is 2.71 bits per heavy atom. The predicted octanol–water partition coefficient (Wildman–Crippen LogP) is 1.48. The van der Waals surface area contributed by atoms with Crippen molar-refractivity contribution in [3.63, 3.8) is 0 Å². The number of anilines is 1. The molecule has 1 aliphatic rings. The SMILES string of the molecule is CCC1(C)NC(=O)N(CC(=O)Nc2cccc(F)c2)C1=O. The molecule has 1 heterocycles. The Hall–Kier alpha value is -2.44. The summed E-state index contributed by atoms with van der Waals surface area (Å²) in [4.78, 5) is 36.6. The molecule has 4 amide bonds. The van der Waals surface area contributed by atoms with E-state index in [-0.39, 0.29) is 5.69 Å². The van der Waals surface area contributed by atoms with Crippen molar-refractivity contribution in [2.45, 2.75) is 25.8 Å². The molecular weight excluding hydrogens is 277 g/mol. The molecule has 1 fully saturated rings. The monoisotopic (exact) mass is 293 g/mol. The van der Waals surface area contributed by atoms with Crippen molar-refractivity contribution in [2.24, 2.45) is 0 Å². The van der Waals surface area contributed by atoms with Gasteiger partial charge in [0.2, 0.25) is 5.91 Å². The summed E-state index contributed by atoms with van der Waals surface area (Å²) in [7, 11) is 0. The highest BCUT2D eigenvalue weighted by atomic mass is 19.1. The number of carbonyl (C=O) groups excluding carboxylic acids is 3. The number of nitrogens with one attached hydrogen (secondary N) is 2. The van der Waals surface area contributed by atoms with Crippen molar-refractivity contribution in [1.82, 2.24) is 10.2 Å². The molecule has 21 heavy (non-hydrogen) atoms. The van der Waals surface area contributed by atoms with Crippen LogP contribution < -0.4 is 10.6 Å². The van der Waals surface area contributed by atoms with E-state index in [1.165, 1.54) is 18.2 Å². The second kappa shape index (κ2) is 5.51. The fourth-order valence-corrected chi connectivity index (χ4v) is 2.04. The molecule has 0 bridgehead atoms. The van der Waals surface area contributed by atoms with E-state index in [0.717, 1.165) is 11.0 Å². The molecule has 0 spiro atoms. The van der Waals surface area contributed by atoms with Crippen LogP contribution in [0.3, 0.4) is 0 Å². The van der Waals surface area contributed by atoms with Crippen LogP contribution in [0.5, 0.6) is 0 Å². The van der Waals surface area contributed by atoms with E-state index in [0.29, 0.717) is 6.42 Å². The fraction of sp³-hybridized carbons (Fsp3) is 0.357. The highest BCUT2D eigenvalue weighted by Gasteiger charge is 2.46. The van der Waals surface area contributed by atoms with Gasteiger partial charge in [-0.3, -0.25) is 14.5 Å². The number of hydrogen-bond acceptors (Lipinski definition) is 3. The number of benzene rings is 1. The van der Waals surface area contributed by atoms with Gasteiger partial charge in [-0.1, -0.05) is 13.0 Å². The lowest BCUT2D eigenvalue weighted by Crippen LogP contribution is -2.44. The zero-order chi connectivity index (χ0) is 15.6. The van der Waals surface area contributed by atoms with Gasteiger partial charge in [0.05, 0.1) is 0 Å². The minimum atomic E-state index is -0.976. The van der Waals surface area contributed by atoms with Crippen LogP contribution in [0.1, 0.15) is 20.3 Å². The van der Waals surface area contributed by atoms with Gasteiger partial charge in [-0.2, -0.15) is 0 Å². The Kier molecular flexibility index (Phi) is 3.93. The van der Waals surface area contributed by atoms with Gasteiger partial charge in [-0.15, -0.1) is 0 Å². The van der Waals surface area contributed by atoms with Crippen molar-refractivity contribution < 1.29 is 18.8 Å². The summed E-state index contributed by atoms with van der Waals surface area (Å²) in [6.45, 7) is 2.98. The molecule has 2 rings (SSSR count). The molecular formula is C14H16FN3O3. The minimum Gasteiger partial charge on any atom is -0.324 e. The van der Waals surface area contributed by atoms with Gasteiger partial charge < -0.3 is 10.6 Å². The maximum Gasteiger partial charge on any atom is 0.325 e. The molecule has 0 aliphatic carbocycles. The van der Waals surface area contributed by atoms with Crippen LogP contribution in [0, 0.1) is 5.82 Å². The molecule has 1 atom stereocenters. The van der Waals surface area contributed by atoms with Crippen LogP contribution >= 0.6 is 0 Å². The fourth-order valence-electron chi connectivity index (χ4n) is 2.04. The normalized spacial score (nSPS) is 21.4. The van der Waals surface area contributed by atoms with Crippen LogP contribution in [-0.4, -0.2) is 34.8 Å². The van der Waals surface area contributed by atoms with E-state index in [2.05, 4.69) is 10.6 Å². The molecule has 0 aromatic heterocycles. The number of halogens is 1. The number of amides is 4. The Morgan fingerprint density at radius 1 is 1.43 bits per heavy atom. The molecule has 1 aromatic rings. The minimum absolute atomic E-state index is 0.269. The molecule has 2 N–H and O–H groups in total. The number of nitrogens with zero attached hydrogens (tertiary/aromatic N) is 1. The molecule has 0 saturated carbocycles. The molecule has 6 nitrogen and oxygen atoms in total. The Balaban J connectivity index is 2.03. The first kappa shape index (κ1) is 15.0. The van der Waals surface area contributed by atoms with Crippen LogP contribution in [-0.2, 0) is 9.59 Å². The number of urea groups is 1. The van der Waals surface area contributed by atoms with E-state index in [1.54, 1.807) is 13.8 Å². The quantitative estimate of drug-likeness (QED) is 0.825. The number of imide groups is 1.